The number of methoxy groups -OCH3 is 2. The van der Waals surface area contributed by atoms with Crippen molar-refractivity contribution in [3.05, 3.63) is 53.6 Å². The molecule has 0 spiro atoms. The number of carbonyl (C=O) groups excluding carboxylic acids is 1. The number of hydrogen-bond donors (Lipinski definition) is 2. The molecule has 0 unspecified atom stereocenters. The molecule has 0 atom stereocenters. The molecule has 6 heteroatoms. The summed E-state index contributed by atoms with van der Waals surface area (Å²) in [6.45, 7) is 0. The van der Waals surface area contributed by atoms with E-state index >= 15 is 0 Å². The zero-order chi connectivity index (χ0) is 16.7. The Morgan fingerprint density at radius 3 is 2.52 bits per heavy atom. The standard InChI is InChI=1S/C17H18N2O4/c1-22-14-6-3-12(4-7-14)10-17(21)19-18-11-13-5-8-16(23-2)15(20)9-13/h3-9,11,20H,10H2,1-2H3,(H,19,21). The zero-order valence-electron chi connectivity index (χ0n) is 12.9. The molecule has 1 amide bonds. The molecule has 0 aliphatic heterocycles. The molecular formula is C17H18N2O4. The number of phenols is 1. The van der Waals surface area contributed by atoms with Gasteiger partial charge in [-0.15, -0.1) is 0 Å². The van der Waals surface area contributed by atoms with E-state index in [0.717, 1.165) is 11.3 Å². The van der Waals surface area contributed by atoms with Crippen LogP contribution in [0.2, 0.25) is 0 Å². The summed E-state index contributed by atoms with van der Waals surface area (Å²) in [7, 11) is 3.07. The second kappa shape index (κ2) is 7.84. The van der Waals surface area contributed by atoms with E-state index in [1.54, 1.807) is 31.4 Å². The lowest BCUT2D eigenvalue weighted by Crippen LogP contribution is -2.19. The van der Waals surface area contributed by atoms with E-state index in [0.29, 0.717) is 11.3 Å². The van der Waals surface area contributed by atoms with Gasteiger partial charge in [0, 0.05) is 0 Å². The molecule has 0 fully saturated rings. The van der Waals surface area contributed by atoms with Crippen LogP contribution >= 0.6 is 0 Å². The quantitative estimate of drug-likeness (QED) is 0.632. The van der Waals surface area contributed by atoms with Crippen molar-refractivity contribution in [1.29, 1.82) is 0 Å². The van der Waals surface area contributed by atoms with Gasteiger partial charge in [-0.05, 0) is 41.5 Å². The first-order chi connectivity index (χ1) is 11.1. The highest BCUT2D eigenvalue weighted by molar-refractivity contribution is 5.84. The first-order valence-electron chi connectivity index (χ1n) is 6.94. The van der Waals surface area contributed by atoms with Crippen molar-refractivity contribution in [1.82, 2.24) is 5.43 Å². The van der Waals surface area contributed by atoms with Gasteiger partial charge in [0.25, 0.3) is 0 Å². The monoisotopic (exact) mass is 314 g/mol. The van der Waals surface area contributed by atoms with E-state index in [1.165, 1.54) is 19.4 Å². The number of carbonyl (C=O) groups is 1. The van der Waals surface area contributed by atoms with E-state index in [1.807, 2.05) is 12.1 Å². The molecule has 2 aromatic carbocycles. The molecule has 6 nitrogen and oxygen atoms in total. The van der Waals surface area contributed by atoms with Crippen LogP contribution in [0.5, 0.6) is 17.2 Å². The summed E-state index contributed by atoms with van der Waals surface area (Å²) in [4.78, 5) is 11.8. The summed E-state index contributed by atoms with van der Waals surface area (Å²) in [6, 6.07) is 12.1. The number of hydrogen-bond acceptors (Lipinski definition) is 5. The molecule has 120 valence electrons. The summed E-state index contributed by atoms with van der Waals surface area (Å²) in [5, 5.41) is 13.5. The van der Waals surface area contributed by atoms with E-state index in [4.69, 9.17) is 9.47 Å². The Bertz CT molecular complexity index is 696. The number of rotatable bonds is 6. The van der Waals surface area contributed by atoms with E-state index in [9.17, 15) is 9.90 Å². The molecule has 2 rings (SSSR count). The van der Waals surface area contributed by atoms with E-state index in [2.05, 4.69) is 10.5 Å². The van der Waals surface area contributed by atoms with Gasteiger partial charge in [-0.1, -0.05) is 12.1 Å². The third-order valence-electron chi connectivity index (χ3n) is 3.13. The zero-order valence-corrected chi connectivity index (χ0v) is 12.9. The number of benzene rings is 2. The molecule has 2 N–H and O–H groups in total. The number of aromatic hydroxyl groups is 1. The maximum Gasteiger partial charge on any atom is 0.244 e. The van der Waals surface area contributed by atoms with Crippen LogP contribution in [0.25, 0.3) is 0 Å². The molecule has 23 heavy (non-hydrogen) atoms. The summed E-state index contributed by atoms with van der Waals surface area (Å²) in [5.41, 5.74) is 3.95. The average molecular weight is 314 g/mol. The first kappa shape index (κ1) is 16.4. The molecule has 0 saturated heterocycles. The predicted octanol–water partition coefficient (Wildman–Crippen LogP) is 2.10. The summed E-state index contributed by atoms with van der Waals surface area (Å²) >= 11 is 0. The molecule has 0 heterocycles. The Morgan fingerprint density at radius 1 is 1.17 bits per heavy atom. The minimum absolute atomic E-state index is 0.0148. The third-order valence-corrected chi connectivity index (χ3v) is 3.13. The molecule has 0 aliphatic rings. The lowest BCUT2D eigenvalue weighted by molar-refractivity contribution is -0.120. The van der Waals surface area contributed by atoms with Crippen LogP contribution in [0.3, 0.4) is 0 Å². The number of ether oxygens (including phenoxy) is 2. The van der Waals surface area contributed by atoms with Crippen molar-refractivity contribution < 1.29 is 19.4 Å². The fourth-order valence-electron chi connectivity index (χ4n) is 1.93. The minimum Gasteiger partial charge on any atom is -0.504 e. The van der Waals surface area contributed by atoms with Gasteiger partial charge >= 0.3 is 0 Å². The molecule has 0 aliphatic carbocycles. The van der Waals surface area contributed by atoms with Gasteiger partial charge in [0.15, 0.2) is 11.5 Å². The molecule has 0 saturated carbocycles. The van der Waals surface area contributed by atoms with Gasteiger partial charge in [-0.2, -0.15) is 5.10 Å². The van der Waals surface area contributed by atoms with Crippen LogP contribution in [-0.2, 0) is 11.2 Å². The fourth-order valence-corrected chi connectivity index (χ4v) is 1.93. The van der Waals surface area contributed by atoms with Crippen molar-refractivity contribution in [2.24, 2.45) is 5.10 Å². The second-order valence-electron chi connectivity index (χ2n) is 4.75. The second-order valence-corrected chi connectivity index (χ2v) is 4.75. The number of phenolic OH excluding ortho intramolecular Hbond substituents is 1. The van der Waals surface area contributed by atoms with E-state index in [-0.39, 0.29) is 18.1 Å². The largest absolute Gasteiger partial charge is 0.504 e. The SMILES string of the molecule is COc1ccc(CC(=O)NN=Cc2ccc(OC)c(O)c2)cc1. The third kappa shape index (κ3) is 4.74. The number of nitrogens with one attached hydrogen (secondary N) is 1. The topological polar surface area (TPSA) is 80.2 Å². The van der Waals surface area contributed by atoms with Gasteiger partial charge < -0.3 is 14.6 Å². The lowest BCUT2D eigenvalue weighted by Gasteiger charge is -2.04. The van der Waals surface area contributed by atoms with Crippen molar-refractivity contribution in [3.63, 3.8) is 0 Å². The Hall–Kier alpha value is -3.02. The van der Waals surface area contributed by atoms with Gasteiger partial charge in [0.2, 0.25) is 5.91 Å². The van der Waals surface area contributed by atoms with Crippen molar-refractivity contribution in [2.75, 3.05) is 14.2 Å². The Morgan fingerprint density at radius 2 is 1.91 bits per heavy atom. The molecule has 2 aromatic rings. The minimum atomic E-state index is -0.232. The fraction of sp³-hybridized carbons (Fsp3) is 0.176. The average Bonchev–Trinajstić information content (AvgIpc) is 2.56. The van der Waals surface area contributed by atoms with Crippen molar-refractivity contribution >= 4 is 12.1 Å². The summed E-state index contributed by atoms with van der Waals surface area (Å²) in [5.74, 6) is 0.905. The predicted molar refractivity (Wildman–Crippen MR) is 87.1 cm³/mol. The summed E-state index contributed by atoms with van der Waals surface area (Å²) in [6.07, 6.45) is 1.67. The lowest BCUT2D eigenvalue weighted by atomic mass is 10.1. The maximum absolute atomic E-state index is 11.8. The van der Waals surface area contributed by atoms with Crippen LogP contribution in [-0.4, -0.2) is 31.4 Å². The van der Waals surface area contributed by atoms with E-state index < -0.39 is 0 Å². The van der Waals surface area contributed by atoms with Gasteiger partial charge in [-0.25, -0.2) is 5.43 Å². The molecule has 0 radical (unpaired) electrons. The maximum atomic E-state index is 11.8. The van der Waals surface area contributed by atoms with Crippen molar-refractivity contribution in [3.8, 4) is 17.2 Å². The Balaban J connectivity index is 1.89. The summed E-state index contributed by atoms with van der Waals surface area (Å²) < 4.78 is 10.0. The Labute approximate surface area is 134 Å². The molecule has 0 bridgehead atoms. The highest BCUT2D eigenvalue weighted by Crippen LogP contribution is 2.25. The van der Waals surface area contributed by atoms with Crippen molar-refractivity contribution in [2.45, 2.75) is 6.42 Å². The highest BCUT2D eigenvalue weighted by atomic mass is 16.5. The number of amides is 1. The van der Waals surface area contributed by atoms with Gasteiger partial charge in [0.05, 0.1) is 26.9 Å². The molecular weight excluding hydrogens is 296 g/mol. The smallest absolute Gasteiger partial charge is 0.244 e. The highest BCUT2D eigenvalue weighted by Gasteiger charge is 2.03. The van der Waals surface area contributed by atoms with Crippen LogP contribution in [0, 0.1) is 0 Å². The molecule has 0 aromatic heterocycles. The van der Waals surface area contributed by atoms with Crippen LogP contribution < -0.4 is 14.9 Å². The Kier molecular flexibility index (Phi) is 5.57. The first-order valence-corrected chi connectivity index (χ1v) is 6.94. The van der Waals surface area contributed by atoms with Crippen LogP contribution in [0.4, 0.5) is 0 Å². The van der Waals surface area contributed by atoms with Crippen LogP contribution in [0.1, 0.15) is 11.1 Å². The normalized spacial score (nSPS) is 10.5. The number of hydrazone groups is 1. The van der Waals surface area contributed by atoms with Gasteiger partial charge in [0.1, 0.15) is 5.75 Å². The number of nitrogens with zero attached hydrogens (tertiary/aromatic N) is 1. The van der Waals surface area contributed by atoms with Crippen LogP contribution in [0.15, 0.2) is 47.6 Å². The van der Waals surface area contributed by atoms with Gasteiger partial charge in [-0.3, -0.25) is 4.79 Å².